The number of nitrogens with one attached hydrogen (secondary N) is 2. The Labute approximate surface area is 182 Å². The van der Waals surface area contributed by atoms with Gasteiger partial charge in [-0.3, -0.25) is 14.9 Å². The molecule has 168 valence electrons. The number of hydrogen-bond donors (Lipinski definition) is 2. The van der Waals surface area contributed by atoms with Gasteiger partial charge in [0.25, 0.3) is 11.6 Å². The number of hydrogen-bond acceptors (Lipinski definition) is 6. The van der Waals surface area contributed by atoms with Crippen molar-refractivity contribution in [3.63, 3.8) is 0 Å². The number of nitro groups is 1. The first-order valence-electron chi connectivity index (χ1n) is 9.65. The lowest BCUT2D eigenvalue weighted by Gasteiger charge is -2.23. The second kappa shape index (κ2) is 9.88. The van der Waals surface area contributed by atoms with Crippen molar-refractivity contribution in [2.45, 2.75) is 38.0 Å². The standard InChI is InChI=1S/C21H27N3O6S/c1-15-5-10-19(18(13-15)21(2,3)4)30-14-20(25)22-11-12-23-31(28,29)17-8-6-16(7-9-17)24(26)27/h5-10,13,23H,11-12,14H2,1-4H3,(H,22,25). The maximum absolute atomic E-state index is 12.2. The molecule has 0 spiro atoms. The summed E-state index contributed by atoms with van der Waals surface area (Å²) in [6.45, 7) is 8.01. The molecule has 0 aliphatic rings. The summed E-state index contributed by atoms with van der Waals surface area (Å²) in [5.74, 6) is 0.252. The van der Waals surface area contributed by atoms with Gasteiger partial charge < -0.3 is 10.1 Å². The van der Waals surface area contributed by atoms with Crippen LogP contribution >= 0.6 is 0 Å². The van der Waals surface area contributed by atoms with E-state index in [1.54, 1.807) is 0 Å². The lowest BCUT2D eigenvalue weighted by atomic mass is 9.85. The van der Waals surface area contributed by atoms with Gasteiger partial charge in [0.2, 0.25) is 10.0 Å². The molecule has 2 N–H and O–H groups in total. The Hall–Kier alpha value is -2.98. The number of nitrogens with zero attached hydrogens (tertiary/aromatic N) is 1. The number of rotatable bonds is 9. The Kier molecular flexibility index (Phi) is 7.75. The van der Waals surface area contributed by atoms with Crippen LogP contribution in [-0.4, -0.2) is 38.9 Å². The topological polar surface area (TPSA) is 128 Å². The Bertz CT molecular complexity index is 1040. The number of nitro benzene ring substituents is 1. The van der Waals surface area contributed by atoms with Crippen molar-refractivity contribution < 1.29 is 22.9 Å². The molecule has 2 rings (SSSR count). The smallest absolute Gasteiger partial charge is 0.269 e. The lowest BCUT2D eigenvalue weighted by Crippen LogP contribution is -2.36. The molecule has 0 aliphatic carbocycles. The fourth-order valence-electron chi connectivity index (χ4n) is 2.77. The molecule has 0 unspecified atom stereocenters. The molecule has 1 amide bonds. The van der Waals surface area contributed by atoms with Crippen molar-refractivity contribution in [2.24, 2.45) is 0 Å². The summed E-state index contributed by atoms with van der Waals surface area (Å²) in [6.07, 6.45) is 0. The van der Waals surface area contributed by atoms with Gasteiger partial charge in [0.15, 0.2) is 6.61 Å². The summed E-state index contributed by atoms with van der Waals surface area (Å²) in [5.41, 5.74) is 1.75. The van der Waals surface area contributed by atoms with Gasteiger partial charge in [-0.2, -0.15) is 0 Å². The molecule has 2 aromatic rings. The monoisotopic (exact) mass is 449 g/mol. The number of non-ortho nitro benzene ring substituents is 1. The molecule has 0 radical (unpaired) electrons. The number of carbonyl (C=O) groups excluding carboxylic acids is 1. The van der Waals surface area contributed by atoms with Gasteiger partial charge in [-0.05, 0) is 36.1 Å². The third kappa shape index (κ3) is 7.04. The predicted octanol–water partition coefficient (Wildman–Crippen LogP) is 2.67. The van der Waals surface area contributed by atoms with Gasteiger partial charge in [0.1, 0.15) is 5.75 Å². The first-order chi connectivity index (χ1) is 14.4. The number of carbonyl (C=O) groups is 1. The van der Waals surface area contributed by atoms with Gasteiger partial charge in [0, 0.05) is 25.2 Å². The molecule has 9 nitrogen and oxygen atoms in total. The van der Waals surface area contributed by atoms with Crippen LogP contribution in [0.25, 0.3) is 0 Å². The summed E-state index contributed by atoms with van der Waals surface area (Å²) in [7, 11) is -3.84. The third-order valence-electron chi connectivity index (χ3n) is 4.40. The number of ether oxygens (including phenoxy) is 1. The number of amides is 1. The average Bonchev–Trinajstić information content (AvgIpc) is 2.69. The van der Waals surface area contributed by atoms with Crippen LogP contribution in [0.1, 0.15) is 31.9 Å². The second-order valence-electron chi connectivity index (χ2n) is 8.04. The Morgan fingerprint density at radius 3 is 2.32 bits per heavy atom. The van der Waals surface area contributed by atoms with E-state index in [4.69, 9.17) is 4.74 Å². The summed E-state index contributed by atoms with van der Waals surface area (Å²) >= 11 is 0. The first kappa shape index (κ1) is 24.3. The van der Waals surface area contributed by atoms with E-state index >= 15 is 0 Å². The second-order valence-corrected chi connectivity index (χ2v) is 9.80. The molecule has 31 heavy (non-hydrogen) atoms. The van der Waals surface area contributed by atoms with Gasteiger partial charge >= 0.3 is 0 Å². The molecule has 2 aromatic carbocycles. The number of benzene rings is 2. The van der Waals surface area contributed by atoms with Crippen LogP contribution in [0, 0.1) is 17.0 Å². The average molecular weight is 450 g/mol. The van der Waals surface area contributed by atoms with Crippen molar-refractivity contribution >= 4 is 21.6 Å². The molecule has 0 fully saturated rings. The molecular formula is C21H27N3O6S. The van der Waals surface area contributed by atoms with Crippen LogP contribution in [-0.2, 0) is 20.2 Å². The Morgan fingerprint density at radius 2 is 1.74 bits per heavy atom. The lowest BCUT2D eigenvalue weighted by molar-refractivity contribution is -0.384. The molecule has 0 aromatic heterocycles. The van der Waals surface area contributed by atoms with Crippen molar-refractivity contribution in [2.75, 3.05) is 19.7 Å². The van der Waals surface area contributed by atoms with E-state index in [0.717, 1.165) is 35.4 Å². The van der Waals surface area contributed by atoms with Crippen LogP contribution in [0.5, 0.6) is 5.75 Å². The van der Waals surface area contributed by atoms with Gasteiger partial charge in [-0.15, -0.1) is 0 Å². The summed E-state index contributed by atoms with van der Waals surface area (Å²) in [5, 5.41) is 13.2. The van der Waals surface area contributed by atoms with Crippen LogP contribution < -0.4 is 14.8 Å². The summed E-state index contributed by atoms with van der Waals surface area (Å²) in [4.78, 5) is 22.0. The summed E-state index contributed by atoms with van der Waals surface area (Å²) in [6, 6.07) is 10.3. The maximum atomic E-state index is 12.2. The minimum atomic E-state index is -3.84. The van der Waals surface area contributed by atoms with Crippen LogP contribution in [0.15, 0.2) is 47.4 Å². The maximum Gasteiger partial charge on any atom is 0.269 e. The van der Waals surface area contributed by atoms with E-state index in [9.17, 15) is 23.3 Å². The largest absolute Gasteiger partial charge is 0.483 e. The molecule has 0 bridgehead atoms. The minimum absolute atomic E-state index is 0.0389. The Morgan fingerprint density at radius 1 is 1.10 bits per heavy atom. The zero-order valence-corrected chi connectivity index (χ0v) is 18.8. The number of aryl methyl sites for hydroxylation is 1. The van der Waals surface area contributed by atoms with Crippen molar-refractivity contribution in [1.82, 2.24) is 10.0 Å². The highest BCUT2D eigenvalue weighted by Crippen LogP contribution is 2.32. The quantitative estimate of drug-likeness (QED) is 0.344. The molecule has 0 atom stereocenters. The molecule has 10 heteroatoms. The minimum Gasteiger partial charge on any atom is -0.483 e. The van der Waals surface area contributed by atoms with E-state index in [-0.39, 0.29) is 41.6 Å². The highest BCUT2D eigenvalue weighted by molar-refractivity contribution is 7.89. The van der Waals surface area contributed by atoms with Gasteiger partial charge in [-0.1, -0.05) is 38.5 Å². The Balaban J connectivity index is 1.83. The van der Waals surface area contributed by atoms with Crippen LogP contribution in [0.4, 0.5) is 5.69 Å². The van der Waals surface area contributed by atoms with Crippen LogP contribution in [0.3, 0.4) is 0 Å². The predicted molar refractivity (Wildman–Crippen MR) is 117 cm³/mol. The molecule has 0 aliphatic heterocycles. The SMILES string of the molecule is Cc1ccc(OCC(=O)NCCNS(=O)(=O)c2ccc([N+](=O)[O-])cc2)c(C(C)(C)C)c1. The highest BCUT2D eigenvalue weighted by atomic mass is 32.2. The zero-order chi connectivity index (χ0) is 23.2. The molecule has 0 saturated heterocycles. The third-order valence-corrected chi connectivity index (χ3v) is 5.88. The summed E-state index contributed by atoms with van der Waals surface area (Å²) < 4.78 is 32.4. The molecule has 0 saturated carbocycles. The van der Waals surface area contributed by atoms with Crippen molar-refractivity contribution in [3.8, 4) is 5.75 Å². The van der Waals surface area contributed by atoms with Crippen molar-refractivity contribution in [1.29, 1.82) is 0 Å². The van der Waals surface area contributed by atoms with Crippen LogP contribution in [0.2, 0.25) is 0 Å². The van der Waals surface area contributed by atoms with E-state index < -0.39 is 14.9 Å². The fourth-order valence-corrected chi connectivity index (χ4v) is 3.80. The fraction of sp³-hybridized carbons (Fsp3) is 0.381. The number of sulfonamides is 1. The highest BCUT2D eigenvalue weighted by Gasteiger charge is 2.20. The first-order valence-corrected chi connectivity index (χ1v) is 11.1. The molecular weight excluding hydrogens is 422 g/mol. The van der Waals surface area contributed by atoms with Gasteiger partial charge in [0.05, 0.1) is 9.82 Å². The zero-order valence-electron chi connectivity index (χ0n) is 18.0. The molecule has 0 heterocycles. The normalized spacial score (nSPS) is 11.7. The van der Waals surface area contributed by atoms with E-state index in [1.165, 1.54) is 0 Å². The van der Waals surface area contributed by atoms with E-state index in [0.29, 0.717) is 5.75 Å². The van der Waals surface area contributed by atoms with Crippen molar-refractivity contribution in [3.05, 3.63) is 63.7 Å². The van der Waals surface area contributed by atoms with E-state index in [1.807, 2.05) is 25.1 Å². The van der Waals surface area contributed by atoms with Gasteiger partial charge in [-0.25, -0.2) is 13.1 Å². The van der Waals surface area contributed by atoms with E-state index in [2.05, 4.69) is 30.8 Å².